The molecule has 34 heavy (non-hydrogen) atoms. The highest BCUT2D eigenvalue weighted by Gasteiger charge is 2.34. The predicted molar refractivity (Wildman–Crippen MR) is 116 cm³/mol. The normalized spacial score (nSPS) is 19.5. The number of benzene rings is 2. The van der Waals surface area contributed by atoms with Crippen molar-refractivity contribution >= 4 is 11.8 Å². The van der Waals surface area contributed by atoms with Crippen molar-refractivity contribution in [1.82, 2.24) is 10.1 Å². The lowest BCUT2D eigenvalue weighted by Crippen LogP contribution is -2.31. The van der Waals surface area contributed by atoms with E-state index < -0.39 is 17.9 Å². The molecule has 178 valence electrons. The molecule has 2 heterocycles. The Balaban J connectivity index is 1.41. The van der Waals surface area contributed by atoms with E-state index in [1.807, 2.05) is 19.1 Å². The molecule has 2 aliphatic rings. The fourth-order valence-corrected chi connectivity index (χ4v) is 4.53. The molecule has 3 aromatic rings. The van der Waals surface area contributed by atoms with Crippen molar-refractivity contribution in [2.45, 2.75) is 44.5 Å². The first-order valence-corrected chi connectivity index (χ1v) is 10.9. The zero-order valence-corrected chi connectivity index (χ0v) is 18.2. The summed E-state index contributed by atoms with van der Waals surface area (Å²) in [5.41, 5.74) is 4.10. The topological polar surface area (TPSA) is 69.4 Å². The number of nitrogens with one attached hydrogen (secondary N) is 1. The van der Waals surface area contributed by atoms with Crippen LogP contribution >= 0.6 is 0 Å². The molecule has 0 spiro atoms. The van der Waals surface area contributed by atoms with Gasteiger partial charge in [-0.2, -0.15) is 4.98 Å². The minimum Gasteiger partial charge on any atom is -0.462 e. The summed E-state index contributed by atoms with van der Waals surface area (Å²) in [4.78, 5) is 4.33. The fraction of sp³-hybridized carbons (Fsp3) is 0.333. The molecular weight excluding hydrogens is 454 g/mol. The first-order valence-electron chi connectivity index (χ1n) is 10.9. The van der Waals surface area contributed by atoms with E-state index in [9.17, 15) is 17.6 Å². The number of fused-ring (bicyclic) bond motifs is 2. The molecule has 10 heteroatoms. The molecule has 1 aliphatic carbocycles. The maximum Gasteiger partial charge on any atom is 0.573 e. The SMILES string of the molecule is CCOc1noc(C2CCC3=Cc4cccc(-c5ccc(OC(F)(F)F)c(F)c5)c4NC3C2)n1. The minimum atomic E-state index is -4.96. The van der Waals surface area contributed by atoms with Crippen molar-refractivity contribution in [2.75, 3.05) is 11.9 Å². The van der Waals surface area contributed by atoms with Crippen LogP contribution in [0.15, 0.2) is 46.5 Å². The first-order chi connectivity index (χ1) is 16.3. The van der Waals surface area contributed by atoms with Gasteiger partial charge in [0, 0.05) is 23.2 Å². The van der Waals surface area contributed by atoms with E-state index in [1.165, 1.54) is 11.6 Å². The summed E-state index contributed by atoms with van der Waals surface area (Å²) in [7, 11) is 0. The van der Waals surface area contributed by atoms with E-state index in [1.54, 1.807) is 6.07 Å². The van der Waals surface area contributed by atoms with E-state index in [0.717, 1.165) is 42.6 Å². The van der Waals surface area contributed by atoms with Gasteiger partial charge in [0.1, 0.15) is 0 Å². The Morgan fingerprint density at radius 1 is 1.21 bits per heavy atom. The van der Waals surface area contributed by atoms with Crippen molar-refractivity contribution in [3.63, 3.8) is 0 Å². The van der Waals surface area contributed by atoms with E-state index in [-0.39, 0.29) is 18.0 Å². The van der Waals surface area contributed by atoms with Crippen LogP contribution in [0.25, 0.3) is 17.2 Å². The zero-order valence-electron chi connectivity index (χ0n) is 18.2. The highest BCUT2D eigenvalue weighted by Crippen LogP contribution is 2.44. The number of ether oxygens (including phenoxy) is 2. The van der Waals surface area contributed by atoms with Gasteiger partial charge in [0.15, 0.2) is 11.6 Å². The lowest BCUT2D eigenvalue weighted by atomic mass is 9.79. The number of hydrogen-bond acceptors (Lipinski definition) is 6. The summed E-state index contributed by atoms with van der Waals surface area (Å²) in [6.45, 7) is 2.29. The number of hydrogen-bond donors (Lipinski definition) is 1. The van der Waals surface area contributed by atoms with E-state index in [2.05, 4.69) is 26.3 Å². The summed E-state index contributed by atoms with van der Waals surface area (Å²) in [5.74, 6) is -1.36. The molecular formula is C24H21F4N3O3. The van der Waals surface area contributed by atoms with Crippen molar-refractivity contribution < 1.29 is 31.6 Å². The van der Waals surface area contributed by atoms with Gasteiger partial charge in [-0.15, -0.1) is 13.2 Å². The number of para-hydroxylation sites is 1. The van der Waals surface area contributed by atoms with Crippen LogP contribution in [0.2, 0.25) is 0 Å². The van der Waals surface area contributed by atoms with Gasteiger partial charge in [-0.1, -0.05) is 30.3 Å². The summed E-state index contributed by atoms with van der Waals surface area (Å²) in [5, 5.41) is 7.40. The van der Waals surface area contributed by atoms with Crippen LogP contribution in [0, 0.1) is 5.82 Å². The molecule has 1 N–H and O–H groups in total. The first kappa shape index (κ1) is 22.2. The second-order valence-corrected chi connectivity index (χ2v) is 8.20. The Labute approximate surface area is 192 Å². The Hall–Kier alpha value is -3.56. The number of anilines is 1. The van der Waals surface area contributed by atoms with Crippen LogP contribution < -0.4 is 14.8 Å². The second-order valence-electron chi connectivity index (χ2n) is 8.20. The number of rotatable bonds is 5. The monoisotopic (exact) mass is 475 g/mol. The van der Waals surface area contributed by atoms with Crippen LogP contribution in [0.5, 0.6) is 11.8 Å². The van der Waals surface area contributed by atoms with Crippen LogP contribution in [-0.2, 0) is 0 Å². The fourth-order valence-electron chi connectivity index (χ4n) is 4.53. The molecule has 0 radical (unpaired) electrons. The highest BCUT2D eigenvalue weighted by molar-refractivity contribution is 5.87. The molecule has 0 bridgehead atoms. The van der Waals surface area contributed by atoms with E-state index in [0.29, 0.717) is 23.6 Å². The molecule has 6 nitrogen and oxygen atoms in total. The second kappa shape index (κ2) is 8.66. The maximum absolute atomic E-state index is 14.4. The predicted octanol–water partition coefficient (Wildman–Crippen LogP) is 6.32. The molecule has 1 aliphatic heterocycles. The van der Waals surface area contributed by atoms with Crippen molar-refractivity contribution in [2.24, 2.45) is 0 Å². The number of aromatic nitrogens is 2. The Kier molecular flexibility index (Phi) is 5.66. The standard InChI is InChI=1S/C24H21F4N3O3/c1-2-32-23-30-22(34-31-23)16-7-6-14-10-15-4-3-5-17(21(15)29-19(14)12-16)13-8-9-20(18(25)11-13)33-24(26,27)28/h3-5,8-11,16,19,29H,2,6-7,12H2,1H3. The average Bonchev–Trinajstić information content (AvgIpc) is 3.26. The molecule has 5 rings (SSSR count). The molecule has 0 amide bonds. The zero-order chi connectivity index (χ0) is 23.9. The minimum absolute atomic E-state index is 0.00697. The number of nitrogens with zero attached hydrogens (tertiary/aromatic N) is 2. The maximum atomic E-state index is 14.4. The number of halogens is 4. The van der Waals surface area contributed by atoms with Gasteiger partial charge < -0.3 is 19.3 Å². The summed E-state index contributed by atoms with van der Waals surface area (Å²) >= 11 is 0. The average molecular weight is 475 g/mol. The largest absolute Gasteiger partial charge is 0.573 e. The molecule has 2 aromatic carbocycles. The summed E-state index contributed by atoms with van der Waals surface area (Å²) in [6.07, 6.45) is -0.418. The Morgan fingerprint density at radius 2 is 2.06 bits per heavy atom. The lowest BCUT2D eigenvalue weighted by molar-refractivity contribution is -0.275. The van der Waals surface area contributed by atoms with Crippen molar-refractivity contribution in [1.29, 1.82) is 0 Å². The Morgan fingerprint density at radius 3 is 2.82 bits per heavy atom. The van der Waals surface area contributed by atoms with Gasteiger partial charge >= 0.3 is 12.4 Å². The van der Waals surface area contributed by atoms with Crippen molar-refractivity contribution in [3.05, 3.63) is 59.2 Å². The van der Waals surface area contributed by atoms with E-state index in [4.69, 9.17) is 9.26 Å². The third-order valence-corrected chi connectivity index (χ3v) is 6.02. The molecule has 1 saturated carbocycles. The van der Waals surface area contributed by atoms with Crippen LogP contribution in [0.4, 0.5) is 23.2 Å². The third-order valence-electron chi connectivity index (χ3n) is 6.02. The van der Waals surface area contributed by atoms with Crippen LogP contribution in [0.3, 0.4) is 0 Å². The van der Waals surface area contributed by atoms with Crippen molar-refractivity contribution in [3.8, 4) is 22.9 Å². The lowest BCUT2D eigenvalue weighted by Gasteiger charge is -2.35. The van der Waals surface area contributed by atoms with Gasteiger partial charge in [0.2, 0.25) is 5.89 Å². The molecule has 1 fully saturated rings. The molecule has 0 saturated heterocycles. The number of alkyl halides is 3. The quantitative estimate of drug-likeness (QED) is 0.436. The third kappa shape index (κ3) is 4.44. The van der Waals surface area contributed by atoms with Gasteiger partial charge in [-0.05, 0) is 60.2 Å². The van der Waals surface area contributed by atoms with E-state index >= 15 is 0 Å². The van der Waals surface area contributed by atoms with Gasteiger partial charge in [0.25, 0.3) is 0 Å². The van der Waals surface area contributed by atoms with Crippen LogP contribution in [0.1, 0.15) is 43.6 Å². The summed E-state index contributed by atoms with van der Waals surface area (Å²) in [6, 6.07) is 9.28. The summed E-state index contributed by atoms with van der Waals surface area (Å²) < 4.78 is 66.3. The van der Waals surface area contributed by atoms with Gasteiger partial charge in [-0.25, -0.2) is 4.39 Å². The molecule has 1 aromatic heterocycles. The smallest absolute Gasteiger partial charge is 0.462 e. The molecule has 2 atom stereocenters. The van der Waals surface area contributed by atoms with Gasteiger partial charge in [0.05, 0.1) is 6.61 Å². The Bertz CT molecular complexity index is 1240. The molecule has 2 unspecified atom stereocenters. The van der Waals surface area contributed by atoms with Crippen LogP contribution in [-0.4, -0.2) is 29.2 Å². The highest BCUT2D eigenvalue weighted by atomic mass is 19.4. The van der Waals surface area contributed by atoms with Gasteiger partial charge in [-0.3, -0.25) is 0 Å².